The van der Waals surface area contributed by atoms with Crippen LogP contribution < -0.4 is 0 Å². The Kier molecular flexibility index (Phi) is 5.35. The highest BCUT2D eigenvalue weighted by atomic mass is 32.2. The van der Waals surface area contributed by atoms with Crippen LogP contribution in [0.5, 0.6) is 0 Å². The summed E-state index contributed by atoms with van der Waals surface area (Å²) in [5.41, 5.74) is 0.644. The van der Waals surface area contributed by atoms with E-state index in [1.165, 1.54) is 40.3 Å². The molecule has 4 rings (SSSR count). The number of hydrogen-bond donors (Lipinski definition) is 1. The molecule has 1 N–H and O–H groups in total. The maximum atomic E-state index is 14.1. The van der Waals surface area contributed by atoms with Crippen molar-refractivity contribution in [1.29, 1.82) is 0 Å². The van der Waals surface area contributed by atoms with Crippen LogP contribution in [0.2, 0.25) is 0 Å². The first kappa shape index (κ1) is 21.1. The van der Waals surface area contributed by atoms with Gasteiger partial charge in [0.05, 0.1) is 31.0 Å². The number of amides is 1. The molecule has 9 nitrogen and oxygen atoms in total. The van der Waals surface area contributed by atoms with Gasteiger partial charge in [0, 0.05) is 36.6 Å². The van der Waals surface area contributed by atoms with E-state index in [1.807, 2.05) is 6.92 Å². The molecule has 3 aromatic rings. The normalized spacial score (nSPS) is 14.6. The van der Waals surface area contributed by atoms with Crippen LogP contribution in [-0.2, 0) is 34.5 Å². The molecule has 1 amide bonds. The Morgan fingerprint density at radius 3 is 2.68 bits per heavy atom. The fraction of sp³-hybridized carbons (Fsp3) is 0.316. The molecule has 2 aromatic heterocycles. The van der Waals surface area contributed by atoms with Crippen molar-refractivity contribution >= 4 is 15.9 Å². The molecule has 1 aliphatic heterocycles. The quantitative estimate of drug-likeness (QED) is 0.604. The molecule has 31 heavy (non-hydrogen) atoms. The number of fused-ring (bicyclic) bond motifs is 1. The Labute approximate surface area is 176 Å². The second-order valence-electron chi connectivity index (χ2n) is 7.08. The lowest BCUT2D eigenvalue weighted by Crippen LogP contribution is -2.33. The molecular weight excluding hydrogens is 432 g/mol. The van der Waals surface area contributed by atoms with Gasteiger partial charge < -0.3 is 10.0 Å². The second-order valence-corrected chi connectivity index (χ2v) is 8.88. The minimum Gasteiger partial charge on any atom is -0.395 e. The van der Waals surface area contributed by atoms with E-state index < -0.39 is 40.1 Å². The molecule has 0 unspecified atom stereocenters. The lowest BCUT2D eigenvalue weighted by atomic mass is 9.97. The standard InChI is InChI=1S/C19H19F2N5O4S/c1-2-25-9-13(6-22-25)31(29,30)26-8-12-7-24(10-17(12)23-26)19(28)15(11-27)14-4-3-5-16(20)18(14)21/h3-6,8-9,15,27H,2,7,10-11H2,1H3/t15-/m1/s1. The van der Waals surface area contributed by atoms with Crippen molar-refractivity contribution in [2.24, 2.45) is 0 Å². The lowest BCUT2D eigenvalue weighted by Gasteiger charge is -2.22. The molecule has 0 bridgehead atoms. The highest BCUT2D eigenvalue weighted by Crippen LogP contribution is 2.29. The Morgan fingerprint density at radius 1 is 1.26 bits per heavy atom. The van der Waals surface area contributed by atoms with Crippen molar-refractivity contribution in [2.45, 2.75) is 37.4 Å². The van der Waals surface area contributed by atoms with Gasteiger partial charge >= 0.3 is 0 Å². The van der Waals surface area contributed by atoms with E-state index in [-0.39, 0.29) is 23.5 Å². The topological polar surface area (TPSA) is 110 Å². The fourth-order valence-electron chi connectivity index (χ4n) is 3.48. The van der Waals surface area contributed by atoms with E-state index in [2.05, 4.69) is 10.2 Å². The van der Waals surface area contributed by atoms with Crippen molar-refractivity contribution in [3.63, 3.8) is 0 Å². The van der Waals surface area contributed by atoms with E-state index in [0.717, 1.165) is 10.2 Å². The summed E-state index contributed by atoms with van der Waals surface area (Å²) in [6, 6.07) is 3.44. The average Bonchev–Trinajstić information content (AvgIpc) is 3.46. The summed E-state index contributed by atoms with van der Waals surface area (Å²) in [5, 5.41) is 17.7. The van der Waals surface area contributed by atoms with Crippen molar-refractivity contribution in [1.82, 2.24) is 23.9 Å². The van der Waals surface area contributed by atoms with Crippen LogP contribution in [-0.4, -0.2) is 49.9 Å². The first-order valence-corrected chi connectivity index (χ1v) is 10.9. The van der Waals surface area contributed by atoms with Crippen LogP contribution >= 0.6 is 0 Å². The summed E-state index contributed by atoms with van der Waals surface area (Å²) >= 11 is 0. The highest BCUT2D eigenvalue weighted by molar-refractivity contribution is 7.89. The van der Waals surface area contributed by atoms with Crippen molar-refractivity contribution in [2.75, 3.05) is 6.61 Å². The lowest BCUT2D eigenvalue weighted by molar-refractivity contribution is -0.134. The molecule has 12 heteroatoms. The molecule has 0 saturated carbocycles. The zero-order chi connectivity index (χ0) is 22.3. The molecule has 3 heterocycles. The predicted octanol–water partition coefficient (Wildman–Crippen LogP) is 1.23. The van der Waals surface area contributed by atoms with Gasteiger partial charge in [0.25, 0.3) is 10.0 Å². The summed E-state index contributed by atoms with van der Waals surface area (Å²) < 4.78 is 55.5. The Balaban J connectivity index is 1.55. The van der Waals surface area contributed by atoms with Crippen LogP contribution in [0.25, 0.3) is 0 Å². The first-order valence-electron chi connectivity index (χ1n) is 9.45. The number of nitrogens with zero attached hydrogens (tertiary/aromatic N) is 5. The van der Waals surface area contributed by atoms with Crippen LogP contribution in [0.15, 0.2) is 41.7 Å². The molecule has 1 atom stereocenters. The number of carbonyl (C=O) groups excluding carboxylic acids is 1. The van der Waals surface area contributed by atoms with E-state index >= 15 is 0 Å². The predicted molar refractivity (Wildman–Crippen MR) is 103 cm³/mol. The smallest absolute Gasteiger partial charge is 0.286 e. The third kappa shape index (κ3) is 3.61. The molecule has 0 aliphatic carbocycles. The number of aromatic nitrogens is 4. The molecule has 0 spiro atoms. The van der Waals surface area contributed by atoms with Crippen molar-refractivity contribution < 1.29 is 27.1 Å². The number of halogens is 2. The number of aryl methyl sites for hydroxylation is 1. The summed E-state index contributed by atoms with van der Waals surface area (Å²) in [4.78, 5) is 14.2. The van der Waals surface area contributed by atoms with E-state index in [9.17, 15) is 27.1 Å². The van der Waals surface area contributed by atoms with Gasteiger partial charge in [0.1, 0.15) is 4.90 Å². The minimum absolute atomic E-state index is 0.00891. The number of benzene rings is 1. The molecule has 0 saturated heterocycles. The number of rotatable bonds is 6. The van der Waals surface area contributed by atoms with Crippen LogP contribution in [0, 0.1) is 11.6 Å². The maximum Gasteiger partial charge on any atom is 0.286 e. The van der Waals surface area contributed by atoms with Crippen molar-refractivity contribution in [3.05, 3.63) is 65.2 Å². The number of carbonyl (C=O) groups is 1. The molecule has 1 aliphatic rings. The number of hydrogen-bond acceptors (Lipinski definition) is 6. The van der Waals surface area contributed by atoms with E-state index in [1.54, 1.807) is 0 Å². The Morgan fingerprint density at radius 2 is 2.03 bits per heavy atom. The highest BCUT2D eigenvalue weighted by Gasteiger charge is 2.34. The Hall–Kier alpha value is -3.12. The van der Waals surface area contributed by atoms with Crippen LogP contribution in [0.3, 0.4) is 0 Å². The van der Waals surface area contributed by atoms with E-state index in [0.29, 0.717) is 17.8 Å². The minimum atomic E-state index is -3.93. The van der Waals surface area contributed by atoms with Gasteiger partial charge in [-0.2, -0.15) is 22.7 Å². The molecular formula is C19H19F2N5O4S. The van der Waals surface area contributed by atoms with E-state index in [4.69, 9.17) is 0 Å². The summed E-state index contributed by atoms with van der Waals surface area (Å²) in [6.07, 6.45) is 3.95. The molecule has 0 fully saturated rings. The Bertz CT molecular complexity index is 1230. The summed E-state index contributed by atoms with van der Waals surface area (Å²) in [7, 11) is -3.93. The number of aliphatic hydroxyl groups is 1. The van der Waals surface area contributed by atoms with Gasteiger partial charge in [-0.05, 0) is 13.0 Å². The number of aliphatic hydroxyl groups excluding tert-OH is 1. The van der Waals surface area contributed by atoms with Gasteiger partial charge in [-0.1, -0.05) is 12.1 Å². The van der Waals surface area contributed by atoms with Crippen LogP contribution in [0.1, 0.15) is 29.7 Å². The van der Waals surface area contributed by atoms with Gasteiger partial charge in [0.2, 0.25) is 5.91 Å². The van der Waals surface area contributed by atoms with Crippen molar-refractivity contribution in [3.8, 4) is 0 Å². The third-order valence-electron chi connectivity index (χ3n) is 5.18. The van der Waals surface area contributed by atoms with Gasteiger partial charge in [0.15, 0.2) is 11.6 Å². The monoisotopic (exact) mass is 451 g/mol. The van der Waals surface area contributed by atoms with Crippen LogP contribution in [0.4, 0.5) is 8.78 Å². The molecule has 164 valence electrons. The van der Waals surface area contributed by atoms with Gasteiger partial charge in [-0.15, -0.1) is 0 Å². The zero-order valence-electron chi connectivity index (χ0n) is 16.4. The zero-order valence-corrected chi connectivity index (χ0v) is 17.3. The largest absolute Gasteiger partial charge is 0.395 e. The summed E-state index contributed by atoms with van der Waals surface area (Å²) in [6.45, 7) is 1.65. The summed E-state index contributed by atoms with van der Waals surface area (Å²) in [5.74, 6) is -4.18. The van der Waals surface area contributed by atoms with Gasteiger partial charge in [-0.25, -0.2) is 8.78 Å². The maximum absolute atomic E-state index is 14.1. The first-order chi connectivity index (χ1) is 14.8. The fourth-order valence-corrected chi connectivity index (χ4v) is 4.61. The third-order valence-corrected chi connectivity index (χ3v) is 6.67. The van der Waals surface area contributed by atoms with Gasteiger partial charge in [-0.3, -0.25) is 9.48 Å². The average molecular weight is 451 g/mol. The second kappa shape index (κ2) is 7.85. The SMILES string of the molecule is CCn1cc(S(=O)(=O)n2cc3c(n2)CN(C(=O)[C@H](CO)c2cccc(F)c2F)C3)cn1. The molecule has 1 aromatic carbocycles. The molecule has 0 radical (unpaired) electrons.